The van der Waals surface area contributed by atoms with E-state index in [1.807, 2.05) is 30.3 Å². The SMILES string of the molecule is O=C1CCc2cc(C(=O)CSc3ccccn3)ccc2N1. The molecule has 2 aromatic rings. The number of nitrogens with one attached hydrogen (secondary N) is 1. The Balaban J connectivity index is 1.69. The average molecular weight is 298 g/mol. The number of hydrogen-bond acceptors (Lipinski definition) is 4. The van der Waals surface area contributed by atoms with Crippen molar-refractivity contribution in [1.82, 2.24) is 4.98 Å². The van der Waals surface area contributed by atoms with E-state index in [1.165, 1.54) is 11.8 Å². The minimum Gasteiger partial charge on any atom is -0.326 e. The molecule has 1 aromatic carbocycles. The number of rotatable bonds is 4. The van der Waals surface area contributed by atoms with Gasteiger partial charge in [0.2, 0.25) is 5.91 Å². The van der Waals surface area contributed by atoms with E-state index in [2.05, 4.69) is 10.3 Å². The Kier molecular flexibility index (Phi) is 4.01. The van der Waals surface area contributed by atoms with Gasteiger partial charge in [-0.15, -0.1) is 0 Å². The van der Waals surface area contributed by atoms with E-state index in [9.17, 15) is 9.59 Å². The molecule has 0 radical (unpaired) electrons. The molecular formula is C16H14N2O2S. The van der Waals surface area contributed by atoms with Crippen LogP contribution >= 0.6 is 11.8 Å². The molecule has 0 fully saturated rings. The van der Waals surface area contributed by atoms with Crippen molar-refractivity contribution in [3.05, 3.63) is 53.7 Å². The molecule has 1 amide bonds. The molecule has 4 nitrogen and oxygen atoms in total. The number of fused-ring (bicyclic) bond motifs is 1. The predicted molar refractivity (Wildman–Crippen MR) is 82.7 cm³/mol. The zero-order valence-electron chi connectivity index (χ0n) is 11.3. The number of thioether (sulfide) groups is 1. The van der Waals surface area contributed by atoms with Gasteiger partial charge in [-0.2, -0.15) is 0 Å². The number of carbonyl (C=O) groups excluding carboxylic acids is 2. The summed E-state index contributed by atoms with van der Waals surface area (Å²) in [5.74, 6) is 0.472. The summed E-state index contributed by atoms with van der Waals surface area (Å²) in [5, 5.41) is 3.66. The van der Waals surface area contributed by atoms with E-state index in [0.29, 0.717) is 24.2 Å². The fraction of sp³-hybridized carbons (Fsp3) is 0.188. The van der Waals surface area contributed by atoms with Gasteiger partial charge in [0.1, 0.15) is 0 Å². The first-order chi connectivity index (χ1) is 10.2. The summed E-state index contributed by atoms with van der Waals surface area (Å²) >= 11 is 1.43. The van der Waals surface area contributed by atoms with Crippen LogP contribution in [0.25, 0.3) is 0 Å². The molecule has 106 valence electrons. The number of aromatic nitrogens is 1. The van der Waals surface area contributed by atoms with Crippen LogP contribution in [0.5, 0.6) is 0 Å². The van der Waals surface area contributed by atoms with Crippen LogP contribution in [0.15, 0.2) is 47.6 Å². The molecule has 3 rings (SSSR count). The number of Topliss-reactive ketones (excluding diaryl/α,β-unsaturated/α-hetero) is 1. The summed E-state index contributed by atoms with van der Waals surface area (Å²) in [6, 6.07) is 11.1. The summed E-state index contributed by atoms with van der Waals surface area (Å²) in [5.41, 5.74) is 2.54. The van der Waals surface area contributed by atoms with Crippen LogP contribution in [0.3, 0.4) is 0 Å². The second-order valence-electron chi connectivity index (χ2n) is 4.80. The summed E-state index contributed by atoms with van der Waals surface area (Å²) in [6.07, 6.45) is 2.89. The number of benzene rings is 1. The first-order valence-corrected chi connectivity index (χ1v) is 7.71. The number of aryl methyl sites for hydroxylation is 1. The normalized spacial score (nSPS) is 13.4. The van der Waals surface area contributed by atoms with Gasteiger partial charge in [-0.05, 0) is 42.3 Å². The minimum atomic E-state index is 0.0345. The second kappa shape index (κ2) is 6.10. The van der Waals surface area contributed by atoms with Crippen LogP contribution in [0.1, 0.15) is 22.3 Å². The van der Waals surface area contributed by atoms with Crippen molar-refractivity contribution >= 4 is 29.1 Å². The zero-order valence-corrected chi connectivity index (χ0v) is 12.2. The fourth-order valence-electron chi connectivity index (χ4n) is 2.21. The summed E-state index contributed by atoms with van der Waals surface area (Å²) in [4.78, 5) is 27.7. The summed E-state index contributed by atoms with van der Waals surface area (Å²) in [7, 11) is 0. The van der Waals surface area contributed by atoms with Gasteiger partial charge in [0.15, 0.2) is 5.78 Å². The third kappa shape index (κ3) is 3.31. The van der Waals surface area contributed by atoms with Crippen LogP contribution in [0, 0.1) is 0 Å². The molecule has 1 N–H and O–H groups in total. The molecule has 0 bridgehead atoms. The fourth-order valence-corrected chi connectivity index (χ4v) is 2.97. The van der Waals surface area contributed by atoms with E-state index in [0.717, 1.165) is 16.3 Å². The van der Waals surface area contributed by atoms with Gasteiger partial charge < -0.3 is 5.32 Å². The molecule has 0 spiro atoms. The quantitative estimate of drug-likeness (QED) is 0.696. The highest BCUT2D eigenvalue weighted by Crippen LogP contribution is 2.24. The second-order valence-corrected chi connectivity index (χ2v) is 5.80. The molecule has 1 aliphatic heterocycles. The van der Waals surface area contributed by atoms with Gasteiger partial charge in [-0.3, -0.25) is 9.59 Å². The first kappa shape index (κ1) is 13.8. The minimum absolute atomic E-state index is 0.0345. The number of carbonyl (C=O) groups is 2. The Bertz CT molecular complexity index is 686. The van der Waals surface area contributed by atoms with Crippen LogP contribution in [0.4, 0.5) is 5.69 Å². The molecule has 2 heterocycles. The van der Waals surface area contributed by atoms with E-state index in [4.69, 9.17) is 0 Å². The van der Waals surface area contributed by atoms with Crippen molar-refractivity contribution in [2.45, 2.75) is 17.9 Å². The standard InChI is InChI=1S/C16H14N2O2S/c19-14(10-21-16-3-1-2-8-17-16)12-4-6-13-11(9-12)5-7-15(20)18-13/h1-4,6,8-9H,5,7,10H2,(H,18,20). The number of ketones is 1. The van der Waals surface area contributed by atoms with Gasteiger partial charge >= 0.3 is 0 Å². The lowest BCUT2D eigenvalue weighted by Crippen LogP contribution is -2.19. The molecule has 21 heavy (non-hydrogen) atoms. The largest absolute Gasteiger partial charge is 0.326 e. The highest BCUT2D eigenvalue weighted by Gasteiger charge is 2.16. The Morgan fingerprint density at radius 3 is 2.95 bits per heavy atom. The van der Waals surface area contributed by atoms with E-state index >= 15 is 0 Å². The van der Waals surface area contributed by atoms with Crippen molar-refractivity contribution in [1.29, 1.82) is 0 Å². The lowest BCUT2D eigenvalue weighted by atomic mass is 9.99. The zero-order chi connectivity index (χ0) is 14.7. The molecule has 0 unspecified atom stereocenters. The van der Waals surface area contributed by atoms with Crippen molar-refractivity contribution in [3.8, 4) is 0 Å². The number of hydrogen-bond donors (Lipinski definition) is 1. The monoisotopic (exact) mass is 298 g/mol. The van der Waals surface area contributed by atoms with E-state index < -0.39 is 0 Å². The smallest absolute Gasteiger partial charge is 0.224 e. The third-order valence-corrected chi connectivity index (χ3v) is 4.26. The van der Waals surface area contributed by atoms with Crippen molar-refractivity contribution in [3.63, 3.8) is 0 Å². The third-order valence-electron chi connectivity index (χ3n) is 3.31. The van der Waals surface area contributed by atoms with Gasteiger partial charge in [0.25, 0.3) is 0 Å². The lowest BCUT2D eigenvalue weighted by Gasteiger charge is -2.17. The molecule has 0 aliphatic carbocycles. The van der Waals surface area contributed by atoms with Crippen LogP contribution < -0.4 is 5.32 Å². The van der Waals surface area contributed by atoms with Crippen LogP contribution in [-0.2, 0) is 11.2 Å². The first-order valence-electron chi connectivity index (χ1n) is 6.72. The number of anilines is 1. The van der Waals surface area contributed by atoms with Crippen molar-refractivity contribution in [2.75, 3.05) is 11.1 Å². The maximum absolute atomic E-state index is 12.2. The highest BCUT2D eigenvalue weighted by atomic mass is 32.2. The molecular weight excluding hydrogens is 284 g/mol. The lowest BCUT2D eigenvalue weighted by molar-refractivity contribution is -0.116. The summed E-state index contributed by atoms with van der Waals surface area (Å²) in [6.45, 7) is 0. The van der Waals surface area contributed by atoms with E-state index in [-0.39, 0.29) is 11.7 Å². The Morgan fingerprint density at radius 1 is 1.24 bits per heavy atom. The molecule has 0 atom stereocenters. The maximum atomic E-state index is 12.2. The highest BCUT2D eigenvalue weighted by molar-refractivity contribution is 7.99. The number of pyridine rings is 1. The summed E-state index contributed by atoms with van der Waals surface area (Å²) < 4.78 is 0. The predicted octanol–water partition coefficient (Wildman–Crippen LogP) is 2.94. The van der Waals surface area contributed by atoms with Crippen molar-refractivity contribution < 1.29 is 9.59 Å². The Morgan fingerprint density at radius 2 is 2.14 bits per heavy atom. The molecule has 0 saturated heterocycles. The topological polar surface area (TPSA) is 59.1 Å². The van der Waals surface area contributed by atoms with Crippen LogP contribution in [0.2, 0.25) is 0 Å². The van der Waals surface area contributed by atoms with Gasteiger partial charge in [-0.1, -0.05) is 17.8 Å². The van der Waals surface area contributed by atoms with Gasteiger partial charge in [0, 0.05) is 23.9 Å². The Labute approximate surface area is 127 Å². The molecule has 0 saturated carbocycles. The number of amides is 1. The van der Waals surface area contributed by atoms with Gasteiger partial charge in [-0.25, -0.2) is 4.98 Å². The van der Waals surface area contributed by atoms with Crippen molar-refractivity contribution in [2.24, 2.45) is 0 Å². The van der Waals surface area contributed by atoms with Gasteiger partial charge in [0.05, 0.1) is 10.8 Å². The number of nitrogens with zero attached hydrogens (tertiary/aromatic N) is 1. The molecule has 1 aromatic heterocycles. The average Bonchev–Trinajstić information content (AvgIpc) is 2.53. The molecule has 1 aliphatic rings. The molecule has 5 heteroatoms. The maximum Gasteiger partial charge on any atom is 0.224 e. The van der Waals surface area contributed by atoms with E-state index in [1.54, 1.807) is 12.3 Å². The van der Waals surface area contributed by atoms with Crippen LogP contribution in [-0.4, -0.2) is 22.4 Å². The Hall–Kier alpha value is -2.14.